The molecule has 0 radical (unpaired) electrons. The van der Waals surface area contributed by atoms with Crippen molar-refractivity contribution in [3.63, 3.8) is 0 Å². The summed E-state index contributed by atoms with van der Waals surface area (Å²) in [7, 11) is 0. The molecule has 0 aromatic carbocycles. The highest BCUT2D eigenvalue weighted by Gasteiger charge is 2.00. The summed E-state index contributed by atoms with van der Waals surface area (Å²) in [5.74, 6) is 0.583. The van der Waals surface area contributed by atoms with Gasteiger partial charge in [0.15, 0.2) is 0 Å². The van der Waals surface area contributed by atoms with E-state index in [1.807, 2.05) is 12.3 Å². The fourth-order valence-corrected chi connectivity index (χ4v) is 1.84. The SMILES string of the molecule is CC(C)/C(=C/c1cccnc1)CBr. The molecular weight excluding hydrogens is 226 g/mol. The van der Waals surface area contributed by atoms with E-state index in [1.54, 1.807) is 6.20 Å². The lowest BCUT2D eigenvalue weighted by molar-refractivity contribution is 0.781. The molecule has 0 atom stereocenters. The lowest BCUT2D eigenvalue weighted by atomic mass is 10.0. The summed E-state index contributed by atoms with van der Waals surface area (Å²) < 4.78 is 0. The van der Waals surface area contributed by atoms with E-state index < -0.39 is 0 Å². The van der Waals surface area contributed by atoms with Crippen LogP contribution in [0.3, 0.4) is 0 Å². The molecule has 0 bridgehead atoms. The number of nitrogens with zero attached hydrogens (tertiary/aromatic N) is 1. The van der Waals surface area contributed by atoms with E-state index in [0.29, 0.717) is 5.92 Å². The number of hydrogen-bond acceptors (Lipinski definition) is 1. The average Bonchev–Trinajstić information content (AvgIpc) is 2.15. The van der Waals surface area contributed by atoms with Crippen molar-refractivity contribution < 1.29 is 0 Å². The zero-order chi connectivity index (χ0) is 9.68. The third kappa shape index (κ3) is 3.31. The molecule has 0 spiro atoms. The second-order valence-corrected chi connectivity index (χ2v) is 3.85. The van der Waals surface area contributed by atoms with Crippen LogP contribution in [0.1, 0.15) is 19.4 Å². The Morgan fingerprint density at radius 2 is 2.38 bits per heavy atom. The molecule has 1 aromatic heterocycles. The number of hydrogen-bond donors (Lipinski definition) is 0. The van der Waals surface area contributed by atoms with Crippen molar-refractivity contribution in [2.75, 3.05) is 5.33 Å². The Bertz CT molecular complexity index is 277. The van der Waals surface area contributed by atoms with Crippen molar-refractivity contribution in [2.24, 2.45) is 5.92 Å². The van der Waals surface area contributed by atoms with Crippen molar-refractivity contribution in [3.8, 4) is 0 Å². The highest BCUT2D eigenvalue weighted by molar-refractivity contribution is 9.09. The maximum absolute atomic E-state index is 4.07. The second-order valence-electron chi connectivity index (χ2n) is 3.29. The lowest BCUT2D eigenvalue weighted by Gasteiger charge is -2.07. The molecule has 0 amide bonds. The van der Waals surface area contributed by atoms with E-state index >= 15 is 0 Å². The van der Waals surface area contributed by atoms with Gasteiger partial charge < -0.3 is 0 Å². The summed E-state index contributed by atoms with van der Waals surface area (Å²) in [6.45, 7) is 4.40. The van der Waals surface area contributed by atoms with Gasteiger partial charge in [-0.2, -0.15) is 0 Å². The molecule has 0 aliphatic heterocycles. The largest absolute Gasteiger partial charge is 0.264 e. The van der Waals surface area contributed by atoms with Crippen LogP contribution in [0.25, 0.3) is 6.08 Å². The van der Waals surface area contributed by atoms with E-state index in [2.05, 4.69) is 46.9 Å². The quantitative estimate of drug-likeness (QED) is 0.736. The van der Waals surface area contributed by atoms with Crippen molar-refractivity contribution in [1.29, 1.82) is 0 Å². The highest BCUT2D eigenvalue weighted by atomic mass is 79.9. The molecule has 1 aromatic rings. The Labute approximate surface area is 88.0 Å². The van der Waals surface area contributed by atoms with Crippen LogP contribution in [0.15, 0.2) is 30.1 Å². The van der Waals surface area contributed by atoms with Crippen LogP contribution in [0, 0.1) is 5.92 Å². The third-order valence-electron chi connectivity index (χ3n) is 1.93. The molecule has 70 valence electrons. The third-order valence-corrected chi connectivity index (χ3v) is 2.58. The van der Waals surface area contributed by atoms with Crippen LogP contribution in [-0.4, -0.2) is 10.3 Å². The maximum atomic E-state index is 4.07. The Morgan fingerprint density at radius 3 is 2.85 bits per heavy atom. The minimum absolute atomic E-state index is 0.583. The molecule has 0 unspecified atom stereocenters. The maximum Gasteiger partial charge on any atom is 0.0340 e. The first-order valence-corrected chi connectivity index (χ1v) is 5.52. The molecule has 2 heteroatoms. The van der Waals surface area contributed by atoms with Crippen LogP contribution >= 0.6 is 15.9 Å². The molecule has 0 fully saturated rings. The van der Waals surface area contributed by atoms with Gasteiger partial charge in [0, 0.05) is 17.7 Å². The van der Waals surface area contributed by atoms with Gasteiger partial charge in [0.25, 0.3) is 0 Å². The fraction of sp³-hybridized carbons (Fsp3) is 0.364. The first kappa shape index (κ1) is 10.5. The minimum atomic E-state index is 0.583. The number of rotatable bonds is 3. The van der Waals surface area contributed by atoms with Crippen molar-refractivity contribution in [2.45, 2.75) is 13.8 Å². The average molecular weight is 240 g/mol. The summed E-state index contributed by atoms with van der Waals surface area (Å²) in [4.78, 5) is 4.07. The van der Waals surface area contributed by atoms with Gasteiger partial charge in [0.2, 0.25) is 0 Å². The molecule has 13 heavy (non-hydrogen) atoms. The highest BCUT2D eigenvalue weighted by Crippen LogP contribution is 2.15. The van der Waals surface area contributed by atoms with Gasteiger partial charge in [-0.1, -0.05) is 47.5 Å². The predicted octanol–water partition coefficient (Wildman–Crippen LogP) is 3.52. The molecule has 1 heterocycles. The normalized spacial score (nSPS) is 12.2. The van der Waals surface area contributed by atoms with Crippen LogP contribution in [-0.2, 0) is 0 Å². The van der Waals surface area contributed by atoms with E-state index in [1.165, 1.54) is 11.1 Å². The first-order chi connectivity index (χ1) is 6.24. The molecule has 0 N–H and O–H groups in total. The summed E-state index contributed by atoms with van der Waals surface area (Å²) in [5.41, 5.74) is 2.57. The molecule has 0 saturated carbocycles. The zero-order valence-corrected chi connectivity index (χ0v) is 9.58. The second kappa shape index (κ2) is 5.18. The number of allylic oxidation sites excluding steroid dienone is 1. The molecule has 1 nitrogen and oxygen atoms in total. The van der Waals surface area contributed by atoms with Gasteiger partial charge >= 0.3 is 0 Å². The van der Waals surface area contributed by atoms with E-state index in [0.717, 1.165) is 5.33 Å². The monoisotopic (exact) mass is 239 g/mol. The topological polar surface area (TPSA) is 12.9 Å². The van der Waals surface area contributed by atoms with Crippen molar-refractivity contribution in [3.05, 3.63) is 35.7 Å². The van der Waals surface area contributed by atoms with Gasteiger partial charge in [-0.25, -0.2) is 0 Å². The van der Waals surface area contributed by atoms with Gasteiger partial charge in [-0.3, -0.25) is 4.98 Å². The predicted molar refractivity (Wildman–Crippen MR) is 60.8 cm³/mol. The summed E-state index contributed by atoms with van der Waals surface area (Å²) in [6, 6.07) is 4.02. The number of halogens is 1. The van der Waals surface area contributed by atoms with E-state index in [4.69, 9.17) is 0 Å². The first-order valence-electron chi connectivity index (χ1n) is 4.40. The van der Waals surface area contributed by atoms with Crippen LogP contribution in [0.2, 0.25) is 0 Å². The Morgan fingerprint density at radius 1 is 1.62 bits per heavy atom. The summed E-state index contributed by atoms with van der Waals surface area (Å²) in [6.07, 6.45) is 5.86. The lowest BCUT2D eigenvalue weighted by Crippen LogP contribution is -1.94. The van der Waals surface area contributed by atoms with Gasteiger partial charge in [-0.05, 0) is 17.5 Å². The van der Waals surface area contributed by atoms with E-state index in [-0.39, 0.29) is 0 Å². The van der Waals surface area contributed by atoms with Crippen molar-refractivity contribution in [1.82, 2.24) is 4.98 Å². The summed E-state index contributed by atoms with van der Waals surface area (Å²) in [5, 5.41) is 0.930. The Kier molecular flexibility index (Phi) is 4.16. The van der Waals surface area contributed by atoms with Gasteiger partial charge in [0.1, 0.15) is 0 Å². The Hall–Kier alpha value is -0.630. The van der Waals surface area contributed by atoms with Crippen LogP contribution in [0.5, 0.6) is 0 Å². The molecule has 0 saturated heterocycles. The van der Waals surface area contributed by atoms with Crippen molar-refractivity contribution >= 4 is 22.0 Å². The molecule has 0 aliphatic rings. The summed E-state index contributed by atoms with van der Waals surface area (Å²) >= 11 is 3.49. The minimum Gasteiger partial charge on any atom is -0.264 e. The molecule has 0 aliphatic carbocycles. The molecule has 1 rings (SSSR count). The smallest absolute Gasteiger partial charge is 0.0340 e. The fourth-order valence-electron chi connectivity index (χ4n) is 1.03. The zero-order valence-electron chi connectivity index (χ0n) is 8.00. The number of alkyl halides is 1. The van der Waals surface area contributed by atoms with Crippen LogP contribution < -0.4 is 0 Å². The molecular formula is C11H14BrN. The van der Waals surface area contributed by atoms with Gasteiger partial charge in [-0.15, -0.1) is 0 Å². The van der Waals surface area contributed by atoms with Gasteiger partial charge in [0.05, 0.1) is 0 Å². The van der Waals surface area contributed by atoms with E-state index in [9.17, 15) is 0 Å². The van der Waals surface area contributed by atoms with Crippen LogP contribution in [0.4, 0.5) is 0 Å². The Balaban J connectivity index is 2.85. The number of aromatic nitrogens is 1. The standard InChI is InChI=1S/C11H14BrN/c1-9(2)11(7-12)6-10-4-3-5-13-8-10/h3-6,8-9H,7H2,1-2H3/b11-6+. The number of pyridine rings is 1.